The number of nitrogens with zero attached hydrogens (tertiary/aromatic N) is 2. The molecule has 1 aromatic carbocycles. The van der Waals surface area contributed by atoms with E-state index in [1.54, 1.807) is 0 Å². The highest BCUT2D eigenvalue weighted by Crippen LogP contribution is 2.62. The van der Waals surface area contributed by atoms with Gasteiger partial charge in [-0.3, -0.25) is 19.0 Å². The first-order chi connectivity index (χ1) is 15.5. The average Bonchev–Trinajstić information content (AvgIpc) is 2.95. The number of carbonyl (C=O) groups excluding carboxylic acids is 2. The van der Waals surface area contributed by atoms with Gasteiger partial charge in [-0.1, -0.05) is 32.9 Å². The second-order valence-corrected chi connectivity index (χ2v) is 9.90. The van der Waals surface area contributed by atoms with Crippen LogP contribution in [0.25, 0.3) is 0 Å². The van der Waals surface area contributed by atoms with E-state index >= 15 is 0 Å². The summed E-state index contributed by atoms with van der Waals surface area (Å²) in [6, 6.07) is 5.01. The number of aromatic nitrogens is 2. The number of hydrogen-bond donors (Lipinski definition) is 3. The number of hydrogen-bond acceptors (Lipinski definition) is 5. The Balaban J connectivity index is 1.76. The molecule has 1 aliphatic heterocycles. The number of fused-ring (bicyclic) bond motifs is 3. The van der Waals surface area contributed by atoms with Crippen LogP contribution in [0.1, 0.15) is 68.5 Å². The van der Waals surface area contributed by atoms with Crippen molar-refractivity contribution in [3.8, 4) is 5.75 Å². The second-order valence-electron chi connectivity index (χ2n) is 9.90. The van der Waals surface area contributed by atoms with Crippen molar-refractivity contribution in [2.75, 3.05) is 0 Å². The topological polar surface area (TPSA) is 113 Å². The molecule has 1 fully saturated rings. The fourth-order valence-electron chi connectivity index (χ4n) is 5.38. The van der Waals surface area contributed by atoms with Crippen LogP contribution >= 0.6 is 0 Å². The Hall–Kier alpha value is -3.23. The Labute approximate surface area is 191 Å². The van der Waals surface area contributed by atoms with Crippen LogP contribution in [0, 0.1) is 22.6 Å². The smallest absolute Gasteiger partial charge is 0.296 e. The number of rotatable bonds is 4. The number of carbonyl (C=O) groups is 2. The van der Waals surface area contributed by atoms with Crippen LogP contribution in [-0.4, -0.2) is 26.5 Å². The van der Waals surface area contributed by atoms with E-state index < -0.39 is 34.5 Å². The normalized spacial score (nSPS) is 25.1. The van der Waals surface area contributed by atoms with Crippen molar-refractivity contribution in [3.63, 3.8) is 0 Å². The second kappa shape index (κ2) is 7.97. The molecule has 4 rings (SSSR count). The lowest BCUT2D eigenvalue weighted by molar-refractivity contribution is -0.121. The molecule has 2 heterocycles. The molecule has 1 saturated carbocycles. The zero-order valence-corrected chi connectivity index (χ0v) is 19.2. The molecule has 3 atom stereocenters. The van der Waals surface area contributed by atoms with Gasteiger partial charge < -0.3 is 15.7 Å². The first kappa shape index (κ1) is 22.9. The highest BCUT2D eigenvalue weighted by molar-refractivity contribution is 5.94. The summed E-state index contributed by atoms with van der Waals surface area (Å²) in [6.07, 6.45) is 1.71. The Kier molecular flexibility index (Phi) is 5.54. The number of halogens is 1. The zero-order valence-electron chi connectivity index (χ0n) is 19.2. The van der Waals surface area contributed by atoms with Crippen LogP contribution in [0.4, 0.5) is 4.39 Å². The minimum Gasteiger partial charge on any atom is -0.501 e. The first-order valence-electron chi connectivity index (χ1n) is 11.1. The minimum absolute atomic E-state index is 0.0700. The molecule has 2 aliphatic rings. The van der Waals surface area contributed by atoms with E-state index in [1.165, 1.54) is 35.8 Å². The third-order valence-electron chi connectivity index (χ3n) is 7.91. The summed E-state index contributed by atoms with van der Waals surface area (Å²) in [7, 11) is 0. The van der Waals surface area contributed by atoms with Gasteiger partial charge in [-0.15, -0.1) is 0 Å². The van der Waals surface area contributed by atoms with E-state index in [2.05, 4.69) is 36.4 Å². The Morgan fingerprint density at radius 2 is 1.91 bits per heavy atom. The van der Waals surface area contributed by atoms with Crippen molar-refractivity contribution < 1.29 is 19.1 Å². The molecule has 176 valence electrons. The third kappa shape index (κ3) is 3.69. The van der Waals surface area contributed by atoms with E-state index in [-0.39, 0.29) is 35.3 Å². The molecule has 0 radical (unpaired) electrons. The van der Waals surface area contributed by atoms with Gasteiger partial charge in [0.2, 0.25) is 11.7 Å². The van der Waals surface area contributed by atoms with E-state index in [0.717, 1.165) is 12.8 Å². The van der Waals surface area contributed by atoms with Gasteiger partial charge in [-0.2, -0.15) is 0 Å². The van der Waals surface area contributed by atoms with Gasteiger partial charge >= 0.3 is 0 Å². The molecule has 0 spiro atoms. The Morgan fingerprint density at radius 1 is 1.24 bits per heavy atom. The maximum atomic E-state index is 13.2. The molecule has 9 heteroatoms. The van der Waals surface area contributed by atoms with Crippen LogP contribution in [-0.2, 0) is 17.9 Å². The number of nitrogens with one attached hydrogen (secondary N) is 2. The summed E-state index contributed by atoms with van der Waals surface area (Å²) in [4.78, 5) is 42.6. The molecule has 3 N–H and O–H groups in total. The summed E-state index contributed by atoms with van der Waals surface area (Å²) >= 11 is 0. The number of benzene rings is 1. The molecular formula is C24H29FN4O4. The van der Waals surface area contributed by atoms with E-state index in [0.29, 0.717) is 12.1 Å². The lowest BCUT2D eigenvalue weighted by Gasteiger charge is -2.44. The van der Waals surface area contributed by atoms with Crippen molar-refractivity contribution in [2.24, 2.45) is 16.7 Å². The SMILES string of the molecule is CC(=O)N[C@H]1c2nc(C(=O)NCc3ccc(F)cc3)c(O)c(=O)n2C[C@H]2CC[C@]1(C)C2(C)C. The summed E-state index contributed by atoms with van der Waals surface area (Å²) in [5.41, 5.74) is -1.06. The van der Waals surface area contributed by atoms with E-state index in [1.807, 2.05) is 0 Å². The molecule has 1 aliphatic carbocycles. The van der Waals surface area contributed by atoms with Gasteiger partial charge in [0, 0.05) is 25.4 Å². The van der Waals surface area contributed by atoms with Crippen molar-refractivity contribution >= 4 is 11.8 Å². The Morgan fingerprint density at radius 3 is 2.55 bits per heavy atom. The lowest BCUT2D eigenvalue weighted by Crippen LogP contribution is -2.46. The molecule has 8 nitrogen and oxygen atoms in total. The lowest BCUT2D eigenvalue weighted by atomic mass is 9.62. The molecule has 2 amide bonds. The van der Waals surface area contributed by atoms with Gasteiger partial charge in [0.15, 0.2) is 5.69 Å². The molecule has 0 unspecified atom stereocenters. The summed E-state index contributed by atoms with van der Waals surface area (Å²) in [5.74, 6) is -1.68. The molecule has 0 saturated heterocycles. The van der Waals surface area contributed by atoms with Crippen molar-refractivity contribution in [3.05, 3.63) is 57.5 Å². The fourth-order valence-corrected chi connectivity index (χ4v) is 5.38. The van der Waals surface area contributed by atoms with Gasteiger partial charge in [-0.25, -0.2) is 9.37 Å². The predicted octanol–water partition coefficient (Wildman–Crippen LogP) is 2.65. The van der Waals surface area contributed by atoms with Gasteiger partial charge in [0.1, 0.15) is 11.6 Å². The van der Waals surface area contributed by atoms with Gasteiger partial charge in [-0.05, 0) is 41.9 Å². The number of aromatic hydroxyl groups is 1. The van der Waals surface area contributed by atoms with Crippen molar-refractivity contribution in [1.82, 2.24) is 20.2 Å². The predicted molar refractivity (Wildman–Crippen MR) is 119 cm³/mol. The summed E-state index contributed by atoms with van der Waals surface area (Å²) < 4.78 is 14.5. The van der Waals surface area contributed by atoms with Gasteiger partial charge in [0.05, 0.1) is 6.04 Å². The Bertz CT molecular complexity index is 1170. The van der Waals surface area contributed by atoms with Crippen LogP contribution in [0.15, 0.2) is 29.1 Å². The van der Waals surface area contributed by atoms with Crippen LogP contribution in [0.2, 0.25) is 0 Å². The standard InChI is InChI=1S/C24H29FN4O4/c1-13(30)27-19-20-28-17(21(32)26-11-14-5-7-16(25)8-6-14)18(31)22(33)29(20)12-15-9-10-24(19,4)23(15,2)3/h5-8,15,19,31H,9-12H2,1-4H3,(H,26,32)(H,27,30)/t15-,19+,24+/m1/s1. The quantitative estimate of drug-likeness (QED) is 0.655. The van der Waals surface area contributed by atoms with E-state index in [4.69, 9.17) is 0 Å². The average molecular weight is 457 g/mol. The molecule has 2 aromatic rings. The van der Waals surface area contributed by atoms with Crippen molar-refractivity contribution in [2.45, 2.75) is 59.7 Å². The number of amides is 2. The fraction of sp³-hybridized carbons (Fsp3) is 0.500. The maximum absolute atomic E-state index is 13.2. The molecular weight excluding hydrogens is 427 g/mol. The largest absolute Gasteiger partial charge is 0.501 e. The van der Waals surface area contributed by atoms with Crippen LogP contribution in [0.3, 0.4) is 0 Å². The summed E-state index contributed by atoms with van der Waals surface area (Å²) in [5, 5.41) is 16.2. The highest BCUT2D eigenvalue weighted by Gasteiger charge is 2.59. The monoisotopic (exact) mass is 456 g/mol. The first-order valence-corrected chi connectivity index (χ1v) is 11.1. The molecule has 1 aromatic heterocycles. The molecule has 2 bridgehead atoms. The highest BCUT2D eigenvalue weighted by atomic mass is 19.1. The minimum atomic E-state index is -0.724. The zero-order chi connectivity index (χ0) is 24.1. The van der Waals surface area contributed by atoms with E-state index in [9.17, 15) is 23.9 Å². The summed E-state index contributed by atoms with van der Waals surface area (Å²) in [6.45, 7) is 8.17. The van der Waals surface area contributed by atoms with Crippen molar-refractivity contribution in [1.29, 1.82) is 0 Å². The van der Waals surface area contributed by atoms with Gasteiger partial charge in [0.25, 0.3) is 11.5 Å². The maximum Gasteiger partial charge on any atom is 0.296 e. The van der Waals surface area contributed by atoms with Crippen LogP contribution < -0.4 is 16.2 Å². The van der Waals surface area contributed by atoms with Crippen LogP contribution in [0.5, 0.6) is 5.75 Å². The molecule has 33 heavy (non-hydrogen) atoms. The third-order valence-corrected chi connectivity index (χ3v) is 7.91.